The summed E-state index contributed by atoms with van der Waals surface area (Å²) in [7, 11) is 0. The summed E-state index contributed by atoms with van der Waals surface area (Å²) in [5.41, 5.74) is -2.54. The van der Waals surface area contributed by atoms with Gasteiger partial charge in [-0.25, -0.2) is 4.79 Å². The van der Waals surface area contributed by atoms with Gasteiger partial charge in [-0.15, -0.1) is 4.73 Å². The highest BCUT2D eigenvalue weighted by atomic mass is 16.7. The lowest BCUT2D eigenvalue weighted by Gasteiger charge is -2.46. The number of rotatable bonds is 23. The third-order valence-corrected chi connectivity index (χ3v) is 10.7. The second-order valence-electron chi connectivity index (χ2n) is 23.5. The first-order valence-electron chi connectivity index (χ1n) is 25.0. The van der Waals surface area contributed by atoms with Crippen LogP contribution in [0.3, 0.4) is 0 Å². The highest BCUT2D eigenvalue weighted by Gasteiger charge is 2.40. The van der Waals surface area contributed by atoms with Crippen molar-refractivity contribution in [3.63, 3.8) is 0 Å². The van der Waals surface area contributed by atoms with Crippen molar-refractivity contribution >= 4 is 41.5 Å². The van der Waals surface area contributed by atoms with Crippen molar-refractivity contribution in [1.29, 1.82) is 0 Å². The molecule has 1 aromatic heterocycles. The fourth-order valence-corrected chi connectivity index (χ4v) is 8.28. The molecule has 406 valence electrons. The molecule has 1 fully saturated rings. The molecule has 3 N–H and O–H groups in total. The molecule has 1 saturated carbocycles. The van der Waals surface area contributed by atoms with Crippen molar-refractivity contribution in [2.45, 2.75) is 195 Å². The fraction of sp³-hybridized carbons (Fsp3) is 0.698. The minimum Gasteiger partial charge on any atom is -0.492 e. The van der Waals surface area contributed by atoms with Crippen LogP contribution in [0.4, 0.5) is 5.69 Å². The van der Waals surface area contributed by atoms with Crippen LogP contribution in [0.2, 0.25) is 0 Å². The van der Waals surface area contributed by atoms with Crippen LogP contribution in [-0.2, 0) is 58.9 Å². The van der Waals surface area contributed by atoms with Gasteiger partial charge >= 0.3 is 35.8 Å². The van der Waals surface area contributed by atoms with Crippen molar-refractivity contribution in [1.82, 2.24) is 19.4 Å². The number of anilines is 1. The number of ether oxygens (including phenoxy) is 5. The molecular weight excluding hydrogens is 931 g/mol. The van der Waals surface area contributed by atoms with E-state index in [1.54, 1.807) is 114 Å². The van der Waals surface area contributed by atoms with Gasteiger partial charge in [-0.05, 0) is 147 Å². The molecule has 3 rings (SSSR count). The van der Waals surface area contributed by atoms with Gasteiger partial charge in [0.05, 0.1) is 32.7 Å². The van der Waals surface area contributed by atoms with Crippen LogP contribution in [0, 0.1) is 0 Å². The van der Waals surface area contributed by atoms with E-state index >= 15 is 0 Å². The van der Waals surface area contributed by atoms with Crippen LogP contribution in [0.5, 0.6) is 11.8 Å². The summed E-state index contributed by atoms with van der Waals surface area (Å²) in [6.07, 6.45) is 3.35. The zero-order chi connectivity index (χ0) is 54.4. The number of nitrogens with one attached hydrogen (secondary N) is 1. The molecule has 19 heteroatoms. The normalized spacial score (nSPS) is 16.2. The maximum absolute atomic E-state index is 14.1. The summed E-state index contributed by atoms with van der Waals surface area (Å²) in [6, 6.07) is 8.41. The van der Waals surface area contributed by atoms with E-state index in [4.69, 9.17) is 28.5 Å². The molecule has 1 aromatic carbocycles. The number of hydrogen-bond donors (Lipinski definition) is 3. The number of nitrogens with zero attached hydrogens (tertiary/aromatic N) is 4. The lowest BCUT2D eigenvalue weighted by Crippen LogP contribution is -2.60. The van der Waals surface area contributed by atoms with Gasteiger partial charge in [-0.2, -0.15) is 0 Å². The Balaban J connectivity index is 2.11. The molecule has 0 saturated heterocycles. The fourth-order valence-electron chi connectivity index (χ4n) is 8.28. The summed E-state index contributed by atoms with van der Waals surface area (Å²) in [5.74, 6) is -4.18. The lowest BCUT2D eigenvalue weighted by molar-refractivity contribution is -0.164. The van der Waals surface area contributed by atoms with Gasteiger partial charge in [0.15, 0.2) is 0 Å². The first-order chi connectivity index (χ1) is 33.0. The number of esters is 5. The van der Waals surface area contributed by atoms with E-state index in [-0.39, 0.29) is 52.1 Å². The van der Waals surface area contributed by atoms with Crippen molar-refractivity contribution < 1.29 is 67.5 Å². The Hall–Kier alpha value is -5.40. The summed E-state index contributed by atoms with van der Waals surface area (Å²) >= 11 is 0. The summed E-state index contributed by atoms with van der Waals surface area (Å²) < 4.78 is 29.8. The van der Waals surface area contributed by atoms with Crippen molar-refractivity contribution in [2.24, 2.45) is 0 Å². The van der Waals surface area contributed by atoms with E-state index in [0.29, 0.717) is 30.5 Å². The monoisotopic (exact) mass is 1020 g/mol. The van der Waals surface area contributed by atoms with Crippen LogP contribution >= 0.6 is 0 Å². The molecule has 0 unspecified atom stereocenters. The number of aromatic nitrogens is 1. The van der Waals surface area contributed by atoms with Gasteiger partial charge in [0.1, 0.15) is 28.0 Å². The molecule has 1 aliphatic carbocycles. The van der Waals surface area contributed by atoms with Gasteiger partial charge in [-0.1, -0.05) is 25.0 Å². The number of benzene rings is 1. The van der Waals surface area contributed by atoms with Crippen LogP contribution in [0.25, 0.3) is 0 Å². The minimum absolute atomic E-state index is 0.00360. The Morgan fingerprint density at radius 1 is 0.556 bits per heavy atom. The average Bonchev–Trinajstić information content (AvgIpc) is 3.50. The molecule has 0 radical (unpaired) electrons. The largest absolute Gasteiger partial charge is 0.492 e. The van der Waals surface area contributed by atoms with Crippen LogP contribution in [0.15, 0.2) is 36.4 Å². The maximum Gasteiger partial charge on any atom is 0.333 e. The summed E-state index contributed by atoms with van der Waals surface area (Å²) in [4.78, 5) is 91.9. The molecule has 19 nitrogen and oxygen atoms in total. The molecule has 3 atom stereocenters. The lowest BCUT2D eigenvalue weighted by atomic mass is 9.87. The van der Waals surface area contributed by atoms with Gasteiger partial charge in [-0.3, -0.25) is 38.7 Å². The smallest absolute Gasteiger partial charge is 0.333 e. The highest BCUT2D eigenvalue weighted by Crippen LogP contribution is 2.30. The Kier molecular flexibility index (Phi) is 22.0. The zero-order valence-corrected chi connectivity index (χ0v) is 45.7. The average molecular weight is 1020 g/mol. The van der Waals surface area contributed by atoms with E-state index < -0.39 is 93.7 Å². The molecule has 0 amide bonds. The van der Waals surface area contributed by atoms with E-state index in [1.165, 1.54) is 12.1 Å². The van der Waals surface area contributed by atoms with E-state index in [2.05, 4.69) is 5.32 Å². The first kappa shape index (κ1) is 60.9. The van der Waals surface area contributed by atoms with E-state index in [9.17, 15) is 39.0 Å². The third-order valence-electron chi connectivity index (χ3n) is 10.7. The summed E-state index contributed by atoms with van der Waals surface area (Å²) in [5, 5.41) is 22.9. The first-order valence-corrected chi connectivity index (χ1v) is 25.0. The van der Waals surface area contributed by atoms with Crippen molar-refractivity contribution in [2.75, 3.05) is 51.1 Å². The molecule has 72 heavy (non-hydrogen) atoms. The number of carbonyl (C=O) groups excluding carboxylic acids is 6. The van der Waals surface area contributed by atoms with Gasteiger partial charge in [0.2, 0.25) is 11.8 Å². The molecule has 2 aromatic rings. The standard InChI is InChI=1S/C53H85N5O14/c1-49(2,3)67-44(62)31-55(32-45(63)68-50(4,5)6)38(29-36-22-24-37(25-23-36)54-28-18-21-43(61)72-58-41(59)26-27-42(58)60)30-56(33-46(64)69-51(7,8)9)39-19-16-17-20-40(39)57(34-47(65)70-52(10,11)12)35-48(66)71-53(13,14)15/h22-27,38-40,54,59-60H,16-21,28-35H2,1-15H3/t38-,39+,40+/m1/s1. The number of hydrogen-bond acceptors (Lipinski definition) is 18. The predicted octanol–water partition coefficient (Wildman–Crippen LogP) is 6.58. The molecule has 1 aliphatic rings. The Labute approximate surface area is 427 Å². The quantitative estimate of drug-likeness (QED) is 0.0607. The minimum atomic E-state index is -0.842. The summed E-state index contributed by atoms with van der Waals surface area (Å²) in [6.45, 7) is 25.8. The van der Waals surface area contributed by atoms with Gasteiger partial charge in [0, 0.05) is 55.5 Å². The van der Waals surface area contributed by atoms with Gasteiger partial charge < -0.3 is 44.1 Å². The molecule has 0 bridgehead atoms. The van der Waals surface area contributed by atoms with E-state index in [1.807, 2.05) is 29.2 Å². The Morgan fingerprint density at radius 2 is 0.931 bits per heavy atom. The number of aromatic hydroxyl groups is 2. The second kappa shape index (κ2) is 26.0. The van der Waals surface area contributed by atoms with E-state index in [0.717, 1.165) is 24.1 Å². The topological polar surface area (TPSA) is 225 Å². The van der Waals surface area contributed by atoms with Crippen molar-refractivity contribution in [3.8, 4) is 11.8 Å². The molecule has 1 heterocycles. The third kappa shape index (κ3) is 23.9. The van der Waals surface area contributed by atoms with Crippen LogP contribution < -0.4 is 10.2 Å². The zero-order valence-electron chi connectivity index (χ0n) is 45.7. The molecular formula is C53H85N5O14. The maximum atomic E-state index is 14.1. The highest BCUT2D eigenvalue weighted by molar-refractivity contribution is 5.77. The SMILES string of the molecule is CC(C)(C)OC(=O)CN(CC(=O)OC(C)(C)C)[C@H](Cc1ccc(NCCCC(=O)On2c(O)ccc2O)cc1)CN(CC(=O)OC(C)(C)C)[C@H]1CCCC[C@@H]1N(CC(=O)OC(C)(C)C)CC(=O)OC(C)(C)C. The molecule has 0 aliphatic heterocycles. The Morgan fingerprint density at radius 3 is 1.33 bits per heavy atom. The van der Waals surface area contributed by atoms with Crippen LogP contribution in [-0.4, -0.2) is 157 Å². The van der Waals surface area contributed by atoms with Crippen LogP contribution in [0.1, 0.15) is 148 Å². The van der Waals surface area contributed by atoms with Crippen molar-refractivity contribution in [3.05, 3.63) is 42.0 Å². The molecule has 0 spiro atoms. The Bertz CT molecular complexity index is 2020. The van der Waals surface area contributed by atoms with Gasteiger partial charge in [0.25, 0.3) is 0 Å². The second-order valence-corrected chi connectivity index (χ2v) is 23.5. The number of carbonyl (C=O) groups is 6. The predicted molar refractivity (Wildman–Crippen MR) is 271 cm³/mol.